The van der Waals surface area contributed by atoms with Gasteiger partial charge in [-0.3, -0.25) is 0 Å². The normalized spacial score (nSPS) is 15.6. The standard InChI is InChI=1S/C34H39F3/c1-3-5-6-7-8-10-28-19-22-31(34(37)33(28)36)27-17-15-25(16-18-27)29-20-21-30(32(35)23-29)26-13-11-24(9-4-2)12-14-26/h13,15-24H,3-12,14H2,1-2H3. The molecule has 0 nitrogen and oxygen atoms in total. The maximum atomic E-state index is 15.1. The van der Waals surface area contributed by atoms with Crippen LogP contribution in [-0.2, 0) is 6.42 Å². The van der Waals surface area contributed by atoms with Gasteiger partial charge in [0.25, 0.3) is 0 Å². The van der Waals surface area contributed by atoms with Crippen LogP contribution in [0.1, 0.15) is 89.2 Å². The van der Waals surface area contributed by atoms with Crippen LogP contribution >= 0.6 is 0 Å². The van der Waals surface area contributed by atoms with Crippen LogP contribution in [0.3, 0.4) is 0 Å². The van der Waals surface area contributed by atoms with E-state index in [2.05, 4.69) is 19.9 Å². The molecule has 1 aliphatic carbocycles. The molecule has 1 unspecified atom stereocenters. The van der Waals surface area contributed by atoms with Crippen molar-refractivity contribution in [3.63, 3.8) is 0 Å². The van der Waals surface area contributed by atoms with Gasteiger partial charge in [0.05, 0.1) is 0 Å². The molecule has 0 aliphatic heterocycles. The van der Waals surface area contributed by atoms with Gasteiger partial charge < -0.3 is 0 Å². The highest BCUT2D eigenvalue weighted by atomic mass is 19.2. The first-order valence-electron chi connectivity index (χ1n) is 14.1. The van der Waals surface area contributed by atoms with E-state index in [-0.39, 0.29) is 11.4 Å². The zero-order chi connectivity index (χ0) is 26.2. The molecule has 0 saturated carbocycles. The molecule has 0 heterocycles. The quantitative estimate of drug-likeness (QED) is 0.228. The predicted molar refractivity (Wildman–Crippen MR) is 150 cm³/mol. The van der Waals surface area contributed by atoms with E-state index in [1.807, 2.05) is 24.3 Å². The number of aryl methyl sites for hydroxylation is 1. The van der Waals surface area contributed by atoms with Crippen LogP contribution in [0.25, 0.3) is 27.8 Å². The Morgan fingerprint density at radius 2 is 1.41 bits per heavy atom. The zero-order valence-corrected chi connectivity index (χ0v) is 22.3. The third kappa shape index (κ3) is 6.74. The van der Waals surface area contributed by atoms with Gasteiger partial charge in [-0.05, 0) is 71.9 Å². The van der Waals surface area contributed by atoms with Crippen molar-refractivity contribution in [1.29, 1.82) is 0 Å². The number of halogens is 3. The SMILES string of the molecule is CCCCCCCc1ccc(-c2ccc(-c3ccc(C4=CCC(CCC)CC4)c(F)c3)cc2)c(F)c1F. The average Bonchev–Trinajstić information content (AvgIpc) is 2.92. The van der Waals surface area contributed by atoms with Crippen LogP contribution in [0.5, 0.6) is 0 Å². The summed E-state index contributed by atoms with van der Waals surface area (Å²) in [6.07, 6.45) is 13.7. The van der Waals surface area contributed by atoms with E-state index in [1.54, 1.807) is 30.3 Å². The van der Waals surface area contributed by atoms with Crippen molar-refractivity contribution in [2.24, 2.45) is 5.92 Å². The molecule has 0 bridgehead atoms. The summed E-state index contributed by atoms with van der Waals surface area (Å²) in [6.45, 7) is 4.37. The van der Waals surface area contributed by atoms with Gasteiger partial charge in [0.2, 0.25) is 0 Å². The second kappa shape index (κ2) is 13.1. The summed E-state index contributed by atoms with van der Waals surface area (Å²) in [7, 11) is 0. The fourth-order valence-electron chi connectivity index (χ4n) is 5.53. The van der Waals surface area contributed by atoms with Gasteiger partial charge in [0, 0.05) is 11.1 Å². The van der Waals surface area contributed by atoms with Crippen LogP contribution in [0.4, 0.5) is 13.2 Å². The molecule has 0 amide bonds. The Kier molecular flexibility index (Phi) is 9.66. The van der Waals surface area contributed by atoms with Crippen molar-refractivity contribution < 1.29 is 13.2 Å². The van der Waals surface area contributed by atoms with Gasteiger partial charge >= 0.3 is 0 Å². The Balaban J connectivity index is 1.45. The van der Waals surface area contributed by atoms with Crippen LogP contribution in [-0.4, -0.2) is 0 Å². The first-order chi connectivity index (χ1) is 18.0. The molecule has 0 N–H and O–H groups in total. The summed E-state index contributed by atoms with van der Waals surface area (Å²) in [5, 5.41) is 0. The first kappa shape index (κ1) is 27.2. The molecule has 1 atom stereocenters. The molecule has 0 aromatic heterocycles. The number of hydrogen-bond donors (Lipinski definition) is 0. The largest absolute Gasteiger partial charge is 0.206 e. The molecule has 1 aliphatic rings. The molecule has 0 saturated heterocycles. The van der Waals surface area contributed by atoms with Gasteiger partial charge in [-0.2, -0.15) is 0 Å². The van der Waals surface area contributed by atoms with E-state index in [0.717, 1.165) is 67.6 Å². The number of hydrogen-bond acceptors (Lipinski definition) is 0. The van der Waals surface area contributed by atoms with E-state index in [0.29, 0.717) is 23.1 Å². The van der Waals surface area contributed by atoms with Crippen molar-refractivity contribution in [2.45, 2.75) is 84.5 Å². The van der Waals surface area contributed by atoms with Gasteiger partial charge in [-0.25, -0.2) is 13.2 Å². The highest BCUT2D eigenvalue weighted by Gasteiger charge is 2.18. The molecule has 3 heteroatoms. The number of benzene rings is 3. The minimum absolute atomic E-state index is 0.208. The van der Waals surface area contributed by atoms with E-state index < -0.39 is 11.6 Å². The lowest BCUT2D eigenvalue weighted by Crippen LogP contribution is -2.05. The van der Waals surface area contributed by atoms with Gasteiger partial charge in [0.15, 0.2) is 11.6 Å². The topological polar surface area (TPSA) is 0 Å². The predicted octanol–water partition coefficient (Wildman–Crippen LogP) is 10.9. The minimum atomic E-state index is -0.795. The summed E-state index contributed by atoms with van der Waals surface area (Å²) >= 11 is 0. The van der Waals surface area contributed by atoms with E-state index in [4.69, 9.17) is 0 Å². The second-order valence-corrected chi connectivity index (χ2v) is 10.5. The Morgan fingerprint density at radius 3 is 2.08 bits per heavy atom. The van der Waals surface area contributed by atoms with Crippen molar-refractivity contribution in [3.05, 3.63) is 89.3 Å². The minimum Gasteiger partial charge on any atom is -0.206 e. The fourth-order valence-corrected chi connectivity index (χ4v) is 5.53. The van der Waals surface area contributed by atoms with Crippen LogP contribution in [0, 0.1) is 23.4 Å². The molecular formula is C34H39F3. The molecule has 0 radical (unpaired) electrons. The number of allylic oxidation sites excluding steroid dienone is 2. The molecule has 3 aromatic rings. The van der Waals surface area contributed by atoms with Crippen LogP contribution in [0.15, 0.2) is 60.7 Å². The first-order valence-corrected chi connectivity index (χ1v) is 14.1. The van der Waals surface area contributed by atoms with E-state index >= 15 is 4.39 Å². The molecule has 196 valence electrons. The Bertz CT molecular complexity index is 1210. The maximum Gasteiger partial charge on any atom is 0.166 e. The molecule has 4 rings (SSSR count). The average molecular weight is 505 g/mol. The molecular weight excluding hydrogens is 465 g/mol. The smallest absolute Gasteiger partial charge is 0.166 e. The Labute approximate surface area is 220 Å². The maximum absolute atomic E-state index is 15.1. The highest BCUT2D eigenvalue weighted by Crippen LogP contribution is 2.35. The van der Waals surface area contributed by atoms with Crippen molar-refractivity contribution in [3.8, 4) is 22.3 Å². The molecule has 0 spiro atoms. The van der Waals surface area contributed by atoms with Crippen molar-refractivity contribution >= 4 is 5.57 Å². The summed E-state index contributed by atoms with van der Waals surface area (Å²) in [5.74, 6) is -1.02. The summed E-state index contributed by atoms with van der Waals surface area (Å²) < 4.78 is 44.7. The highest BCUT2D eigenvalue weighted by molar-refractivity contribution is 5.74. The monoisotopic (exact) mass is 504 g/mol. The Hall–Kier alpha value is -2.81. The lowest BCUT2D eigenvalue weighted by Gasteiger charge is -2.22. The molecule has 37 heavy (non-hydrogen) atoms. The Morgan fingerprint density at radius 1 is 0.703 bits per heavy atom. The zero-order valence-electron chi connectivity index (χ0n) is 22.3. The summed E-state index contributed by atoms with van der Waals surface area (Å²) in [5.41, 5.74) is 4.73. The van der Waals surface area contributed by atoms with Gasteiger partial charge in [-0.1, -0.05) is 107 Å². The fraction of sp³-hybridized carbons (Fsp3) is 0.412. The van der Waals surface area contributed by atoms with E-state index in [9.17, 15) is 8.78 Å². The summed E-state index contributed by atoms with van der Waals surface area (Å²) in [4.78, 5) is 0. The van der Waals surface area contributed by atoms with Gasteiger partial charge in [-0.15, -0.1) is 0 Å². The van der Waals surface area contributed by atoms with Crippen LogP contribution < -0.4 is 0 Å². The third-order valence-corrected chi connectivity index (χ3v) is 7.77. The van der Waals surface area contributed by atoms with Crippen molar-refractivity contribution in [2.75, 3.05) is 0 Å². The van der Waals surface area contributed by atoms with Gasteiger partial charge in [0.1, 0.15) is 5.82 Å². The summed E-state index contributed by atoms with van der Waals surface area (Å²) in [6, 6.07) is 16.0. The number of rotatable bonds is 11. The molecule has 3 aromatic carbocycles. The lowest BCUT2D eigenvalue weighted by molar-refractivity contribution is 0.444. The van der Waals surface area contributed by atoms with Crippen LogP contribution in [0.2, 0.25) is 0 Å². The second-order valence-electron chi connectivity index (χ2n) is 10.5. The number of unbranched alkanes of at least 4 members (excludes halogenated alkanes) is 4. The van der Waals surface area contributed by atoms with Crippen molar-refractivity contribution in [1.82, 2.24) is 0 Å². The van der Waals surface area contributed by atoms with E-state index in [1.165, 1.54) is 19.3 Å². The lowest BCUT2D eigenvalue weighted by atomic mass is 9.84. The molecule has 0 fully saturated rings. The third-order valence-electron chi connectivity index (χ3n) is 7.77.